The molecule has 1 atom stereocenters. The van der Waals surface area contributed by atoms with Gasteiger partial charge in [-0.3, -0.25) is 5.32 Å². The van der Waals surface area contributed by atoms with Crippen LogP contribution in [0.2, 0.25) is 0 Å². The molecule has 2 amide bonds. The topological polar surface area (TPSA) is 63.1 Å². The molecule has 1 aliphatic rings. The highest BCUT2D eigenvalue weighted by Crippen LogP contribution is 2.42. The molecule has 1 N–H and O–H groups in total. The molecule has 1 aromatic heterocycles. The lowest BCUT2D eigenvalue weighted by Crippen LogP contribution is -2.36. The van der Waals surface area contributed by atoms with Crippen LogP contribution < -0.4 is 5.32 Å². The normalized spacial score (nSPS) is 20.1. The number of aryl methyl sites for hydroxylation is 1. The van der Waals surface area contributed by atoms with Crippen LogP contribution in [0.5, 0.6) is 0 Å². The minimum Gasteiger partial charge on any atom is -0.317 e. The number of benzene rings is 1. The van der Waals surface area contributed by atoms with Crippen LogP contribution in [0.25, 0.3) is 0 Å². The Morgan fingerprint density at radius 1 is 1.32 bits per heavy atom. The monoisotopic (exact) mass is 299 g/mol. The van der Waals surface area contributed by atoms with Crippen LogP contribution in [-0.4, -0.2) is 32.2 Å². The fraction of sp³-hybridized carbons (Fsp3) is 0.438. The Balaban J connectivity index is 1.83. The van der Waals surface area contributed by atoms with Crippen molar-refractivity contribution in [1.29, 1.82) is 0 Å². The van der Waals surface area contributed by atoms with Gasteiger partial charge in [0.05, 0.1) is 6.04 Å². The summed E-state index contributed by atoms with van der Waals surface area (Å²) in [6.45, 7) is 5.10. The molecular weight excluding hydrogens is 278 g/mol. The quantitative estimate of drug-likeness (QED) is 0.927. The summed E-state index contributed by atoms with van der Waals surface area (Å²) in [6.07, 6.45) is 2.38. The van der Waals surface area contributed by atoms with E-state index in [1.54, 1.807) is 11.7 Å². The molecule has 6 nitrogen and oxygen atoms in total. The number of aromatic nitrogens is 3. The van der Waals surface area contributed by atoms with Crippen LogP contribution in [0, 0.1) is 5.41 Å². The molecule has 0 radical (unpaired) electrons. The van der Waals surface area contributed by atoms with E-state index >= 15 is 0 Å². The number of nitrogens with zero attached hydrogens (tertiary/aromatic N) is 4. The van der Waals surface area contributed by atoms with Crippen molar-refractivity contribution >= 4 is 12.0 Å². The molecule has 3 rings (SSSR count). The smallest absolute Gasteiger partial charge is 0.317 e. The zero-order chi connectivity index (χ0) is 15.7. The first kappa shape index (κ1) is 14.6. The zero-order valence-electron chi connectivity index (χ0n) is 13.2. The van der Waals surface area contributed by atoms with Crippen LogP contribution in [0.3, 0.4) is 0 Å². The molecule has 22 heavy (non-hydrogen) atoms. The van der Waals surface area contributed by atoms with Crippen molar-refractivity contribution in [2.24, 2.45) is 12.5 Å². The Bertz CT molecular complexity index is 664. The lowest BCUT2D eigenvalue weighted by atomic mass is 9.89. The third-order valence-corrected chi connectivity index (χ3v) is 4.10. The number of rotatable bonds is 2. The molecule has 6 heteroatoms. The number of likely N-dealkylation sites (tertiary alicyclic amines) is 1. The number of anilines is 1. The van der Waals surface area contributed by atoms with Gasteiger partial charge in [-0.05, 0) is 17.4 Å². The lowest BCUT2D eigenvalue weighted by Gasteiger charge is -2.25. The number of hydrogen-bond donors (Lipinski definition) is 1. The molecule has 1 fully saturated rings. The average Bonchev–Trinajstić information content (AvgIpc) is 3.03. The Morgan fingerprint density at radius 3 is 2.68 bits per heavy atom. The van der Waals surface area contributed by atoms with Gasteiger partial charge in [0, 0.05) is 13.6 Å². The Morgan fingerprint density at radius 2 is 2.05 bits per heavy atom. The second-order valence-corrected chi connectivity index (χ2v) is 6.56. The Hall–Kier alpha value is -2.37. The summed E-state index contributed by atoms with van der Waals surface area (Å²) < 4.78 is 1.55. The minimum absolute atomic E-state index is 0.0874. The van der Waals surface area contributed by atoms with Gasteiger partial charge in [0.15, 0.2) is 0 Å². The molecule has 2 aromatic rings. The predicted octanol–water partition coefficient (Wildman–Crippen LogP) is 2.82. The maximum atomic E-state index is 12.7. The van der Waals surface area contributed by atoms with Crippen molar-refractivity contribution in [2.75, 3.05) is 11.9 Å². The summed E-state index contributed by atoms with van der Waals surface area (Å²) in [5.41, 5.74) is 1.26. The van der Waals surface area contributed by atoms with E-state index in [1.165, 1.54) is 11.9 Å². The first-order valence-electron chi connectivity index (χ1n) is 7.43. The van der Waals surface area contributed by atoms with Gasteiger partial charge in [0.25, 0.3) is 0 Å². The summed E-state index contributed by atoms with van der Waals surface area (Å²) in [5.74, 6) is 0.460. The molecule has 116 valence electrons. The number of amides is 2. The van der Waals surface area contributed by atoms with E-state index in [9.17, 15) is 4.79 Å². The van der Waals surface area contributed by atoms with Crippen LogP contribution in [0.4, 0.5) is 10.7 Å². The number of carbonyl (C=O) groups is 1. The fourth-order valence-electron chi connectivity index (χ4n) is 3.03. The molecule has 1 aromatic carbocycles. The van der Waals surface area contributed by atoms with Gasteiger partial charge in [0.1, 0.15) is 6.33 Å². The van der Waals surface area contributed by atoms with Gasteiger partial charge >= 0.3 is 6.03 Å². The van der Waals surface area contributed by atoms with E-state index in [4.69, 9.17) is 0 Å². The van der Waals surface area contributed by atoms with Crippen molar-refractivity contribution in [3.63, 3.8) is 0 Å². The summed E-state index contributed by atoms with van der Waals surface area (Å²) in [7, 11) is 1.76. The minimum atomic E-state index is -0.129. The van der Waals surface area contributed by atoms with E-state index in [1.807, 2.05) is 23.1 Å². The van der Waals surface area contributed by atoms with Crippen molar-refractivity contribution in [3.05, 3.63) is 42.2 Å². The third-order valence-electron chi connectivity index (χ3n) is 4.10. The lowest BCUT2D eigenvalue weighted by molar-refractivity contribution is 0.203. The molecule has 0 aliphatic carbocycles. The van der Waals surface area contributed by atoms with Crippen LogP contribution in [0.15, 0.2) is 36.7 Å². The van der Waals surface area contributed by atoms with Crippen molar-refractivity contribution in [3.8, 4) is 0 Å². The second kappa shape index (κ2) is 5.44. The largest absolute Gasteiger partial charge is 0.324 e. The zero-order valence-corrected chi connectivity index (χ0v) is 13.2. The first-order valence-corrected chi connectivity index (χ1v) is 7.43. The van der Waals surface area contributed by atoms with Gasteiger partial charge < -0.3 is 4.90 Å². The molecule has 0 bridgehead atoms. The van der Waals surface area contributed by atoms with Crippen molar-refractivity contribution in [2.45, 2.75) is 26.3 Å². The molecule has 1 saturated heterocycles. The van der Waals surface area contributed by atoms with Crippen LogP contribution in [0.1, 0.15) is 31.9 Å². The van der Waals surface area contributed by atoms with E-state index in [-0.39, 0.29) is 17.5 Å². The molecule has 0 spiro atoms. The van der Waals surface area contributed by atoms with Crippen LogP contribution >= 0.6 is 0 Å². The molecule has 1 aliphatic heterocycles. The Labute approximate surface area is 130 Å². The van der Waals surface area contributed by atoms with E-state index in [0.29, 0.717) is 5.95 Å². The van der Waals surface area contributed by atoms with Crippen LogP contribution in [-0.2, 0) is 7.05 Å². The number of carbonyl (C=O) groups excluding carboxylic acids is 1. The number of hydrogen-bond acceptors (Lipinski definition) is 3. The van der Waals surface area contributed by atoms with Gasteiger partial charge in [0.2, 0.25) is 5.95 Å². The highest BCUT2D eigenvalue weighted by atomic mass is 16.2. The van der Waals surface area contributed by atoms with Gasteiger partial charge in [-0.25, -0.2) is 9.48 Å². The summed E-state index contributed by atoms with van der Waals surface area (Å²) >= 11 is 0. The Kier molecular flexibility index (Phi) is 3.60. The first-order chi connectivity index (χ1) is 10.5. The number of urea groups is 1. The fourth-order valence-corrected chi connectivity index (χ4v) is 3.03. The second-order valence-electron chi connectivity index (χ2n) is 6.56. The third kappa shape index (κ3) is 2.81. The molecule has 0 saturated carbocycles. The number of nitrogens with one attached hydrogen (secondary N) is 1. The van der Waals surface area contributed by atoms with E-state index < -0.39 is 0 Å². The summed E-state index contributed by atoms with van der Waals surface area (Å²) in [6, 6.07) is 10.1. The van der Waals surface area contributed by atoms with Crippen molar-refractivity contribution in [1.82, 2.24) is 19.7 Å². The maximum absolute atomic E-state index is 12.7. The summed E-state index contributed by atoms with van der Waals surface area (Å²) in [4.78, 5) is 18.6. The van der Waals surface area contributed by atoms with Gasteiger partial charge in [-0.2, -0.15) is 10.1 Å². The molecular formula is C16H21N5O. The van der Waals surface area contributed by atoms with Gasteiger partial charge in [-0.15, -0.1) is 0 Å². The molecule has 2 heterocycles. The molecule has 1 unspecified atom stereocenters. The standard InChI is InChI=1S/C16H21N5O/c1-16(2)9-13(12-7-5-4-6-8-12)21(10-16)15(22)19-14-17-11-18-20(14)3/h4-8,11,13H,9-10H2,1-3H3,(H,17,18,19,22). The highest BCUT2D eigenvalue weighted by Gasteiger charge is 2.40. The van der Waals surface area contributed by atoms with E-state index in [0.717, 1.165) is 13.0 Å². The highest BCUT2D eigenvalue weighted by molar-refractivity contribution is 5.88. The van der Waals surface area contributed by atoms with Crippen molar-refractivity contribution < 1.29 is 4.79 Å². The SMILES string of the molecule is Cn1ncnc1NC(=O)N1CC(C)(C)CC1c1ccccc1. The predicted molar refractivity (Wildman–Crippen MR) is 84.3 cm³/mol. The average molecular weight is 299 g/mol. The van der Waals surface area contributed by atoms with E-state index in [2.05, 4.69) is 41.4 Å². The van der Waals surface area contributed by atoms with Gasteiger partial charge in [-0.1, -0.05) is 44.2 Å². The maximum Gasteiger partial charge on any atom is 0.324 e. The summed E-state index contributed by atoms with van der Waals surface area (Å²) in [5, 5.41) is 6.82.